The minimum Gasteiger partial charge on any atom is -0.466 e. The van der Waals surface area contributed by atoms with Crippen molar-refractivity contribution in [1.29, 1.82) is 0 Å². The van der Waals surface area contributed by atoms with E-state index in [1.165, 1.54) is 7.11 Å². The number of rotatable bonds is 7. The van der Waals surface area contributed by atoms with Crippen molar-refractivity contribution >= 4 is 29.0 Å². The minimum absolute atomic E-state index is 0.310. The van der Waals surface area contributed by atoms with E-state index in [4.69, 9.17) is 17.0 Å². The summed E-state index contributed by atoms with van der Waals surface area (Å²) in [4.78, 5) is 22.6. The lowest BCUT2D eigenvalue weighted by atomic mass is 10.2. The van der Waals surface area contributed by atoms with Gasteiger partial charge in [-0.05, 0) is 24.1 Å². The van der Waals surface area contributed by atoms with E-state index in [2.05, 4.69) is 4.74 Å². The lowest BCUT2D eigenvalue weighted by Crippen LogP contribution is -2.05. The third-order valence-corrected chi connectivity index (χ3v) is 2.29. The number of hydrogen-bond donors (Lipinski definition) is 0. The van der Waals surface area contributed by atoms with E-state index < -0.39 is 11.9 Å². The van der Waals surface area contributed by atoms with Gasteiger partial charge in [-0.1, -0.05) is 19.1 Å². The zero-order chi connectivity index (χ0) is 12.4. The van der Waals surface area contributed by atoms with Crippen molar-refractivity contribution in [2.45, 2.75) is 26.2 Å². The maximum absolute atomic E-state index is 11.0. The smallest absolute Gasteiger partial charge is 0.331 e. The van der Waals surface area contributed by atoms with Crippen LogP contribution in [0.15, 0.2) is 12.2 Å². The normalized spacial score (nSPS) is 10.1. The molecule has 0 radical (unpaired) electrons. The summed E-state index contributed by atoms with van der Waals surface area (Å²) in [5.74, 6) is -1.13. The molecule has 0 amide bonds. The first-order valence-electron chi connectivity index (χ1n) is 5.04. The zero-order valence-corrected chi connectivity index (χ0v) is 10.3. The quantitative estimate of drug-likeness (QED) is 0.296. The van der Waals surface area contributed by atoms with Crippen molar-refractivity contribution in [3.05, 3.63) is 12.2 Å². The summed E-state index contributed by atoms with van der Waals surface area (Å²) in [5.41, 5.74) is 0. The summed E-state index contributed by atoms with van der Waals surface area (Å²) < 4.78 is 9.16. The Hall–Kier alpha value is -1.23. The Morgan fingerprint density at radius 1 is 1.25 bits per heavy atom. The molecule has 0 aromatic carbocycles. The van der Waals surface area contributed by atoms with Crippen LogP contribution in [0.5, 0.6) is 0 Å². The average molecular weight is 244 g/mol. The molecule has 5 heteroatoms. The van der Waals surface area contributed by atoms with Crippen LogP contribution in [0.25, 0.3) is 0 Å². The van der Waals surface area contributed by atoms with Gasteiger partial charge in [0.2, 0.25) is 0 Å². The monoisotopic (exact) mass is 244 g/mol. The Balaban J connectivity index is 3.62. The van der Waals surface area contributed by atoms with Gasteiger partial charge in [0, 0.05) is 12.2 Å². The first-order valence-corrected chi connectivity index (χ1v) is 5.45. The molecule has 0 aromatic rings. The molecule has 0 atom stereocenters. The van der Waals surface area contributed by atoms with Crippen molar-refractivity contribution in [2.75, 3.05) is 13.7 Å². The van der Waals surface area contributed by atoms with Gasteiger partial charge in [-0.25, -0.2) is 9.59 Å². The molecule has 0 heterocycles. The van der Waals surface area contributed by atoms with Crippen molar-refractivity contribution in [1.82, 2.24) is 0 Å². The second kappa shape index (κ2) is 9.03. The van der Waals surface area contributed by atoms with Crippen LogP contribution < -0.4 is 0 Å². The molecule has 0 rings (SSSR count). The van der Waals surface area contributed by atoms with Crippen LogP contribution in [0.2, 0.25) is 0 Å². The number of thiocarbonyl (C=S) groups is 1. The number of carbonyl (C=O) groups is 2. The van der Waals surface area contributed by atoms with E-state index in [0.717, 1.165) is 29.9 Å². The molecule has 0 fully saturated rings. The van der Waals surface area contributed by atoms with Crippen LogP contribution in [-0.4, -0.2) is 30.5 Å². The topological polar surface area (TPSA) is 52.6 Å². The second-order valence-electron chi connectivity index (χ2n) is 3.02. The van der Waals surface area contributed by atoms with Crippen LogP contribution >= 0.6 is 12.2 Å². The Morgan fingerprint density at radius 3 is 2.44 bits per heavy atom. The van der Waals surface area contributed by atoms with Gasteiger partial charge in [0.1, 0.15) is 0 Å². The van der Waals surface area contributed by atoms with Gasteiger partial charge in [0.25, 0.3) is 0 Å². The molecule has 0 aromatic heterocycles. The largest absolute Gasteiger partial charge is 0.466 e. The van der Waals surface area contributed by atoms with Crippen LogP contribution in [0.1, 0.15) is 26.2 Å². The molecule has 16 heavy (non-hydrogen) atoms. The summed E-state index contributed by atoms with van der Waals surface area (Å²) in [5, 5.41) is 0. The fraction of sp³-hybridized carbons (Fsp3) is 0.545. The number of methoxy groups -OCH3 is 1. The molecule has 0 spiro atoms. The predicted molar refractivity (Wildman–Crippen MR) is 64.2 cm³/mol. The van der Waals surface area contributed by atoms with Gasteiger partial charge in [-0.3, -0.25) is 0 Å². The fourth-order valence-electron chi connectivity index (χ4n) is 0.871. The Labute approximate surface area is 101 Å². The molecule has 0 bridgehead atoms. The van der Waals surface area contributed by atoms with E-state index in [-0.39, 0.29) is 0 Å². The van der Waals surface area contributed by atoms with Crippen molar-refractivity contribution in [2.24, 2.45) is 0 Å². The molecule has 0 saturated carbocycles. The van der Waals surface area contributed by atoms with Gasteiger partial charge >= 0.3 is 11.9 Å². The summed E-state index contributed by atoms with van der Waals surface area (Å²) in [6, 6.07) is 0. The van der Waals surface area contributed by atoms with Gasteiger partial charge in [0.05, 0.1) is 13.7 Å². The van der Waals surface area contributed by atoms with E-state index in [1.807, 2.05) is 6.92 Å². The molecule has 0 unspecified atom stereocenters. The Morgan fingerprint density at radius 2 is 1.88 bits per heavy atom. The molecule has 0 aliphatic rings. The maximum Gasteiger partial charge on any atom is 0.331 e. The third-order valence-electron chi connectivity index (χ3n) is 1.80. The molecular formula is C11H16O4S. The summed E-state index contributed by atoms with van der Waals surface area (Å²) >= 11 is 5.02. The molecule has 0 N–H and O–H groups in total. The number of esters is 2. The predicted octanol–water partition coefficient (Wildman–Crippen LogP) is 1.82. The fourth-order valence-corrected chi connectivity index (χ4v) is 1.02. The summed E-state index contributed by atoms with van der Waals surface area (Å²) in [6.07, 6.45) is 4.43. The highest BCUT2D eigenvalue weighted by Gasteiger charge is 2.00. The molecule has 90 valence electrons. The lowest BCUT2D eigenvalue weighted by Gasteiger charge is -2.01. The zero-order valence-electron chi connectivity index (χ0n) is 9.52. The van der Waals surface area contributed by atoms with Crippen LogP contribution in [0, 0.1) is 0 Å². The van der Waals surface area contributed by atoms with E-state index in [0.29, 0.717) is 13.0 Å². The van der Waals surface area contributed by atoms with E-state index in [1.54, 1.807) is 0 Å². The SMILES string of the molecule is CCC(=S)CCCOC(=O)/C=C/C(=O)OC. The standard InChI is InChI=1S/C11H16O4S/c1-3-9(16)5-4-8-15-11(13)7-6-10(12)14-2/h6-7H,3-5,8H2,1-2H3/b7-6+. The van der Waals surface area contributed by atoms with Crippen LogP contribution in [0.3, 0.4) is 0 Å². The highest BCUT2D eigenvalue weighted by atomic mass is 32.1. The Kier molecular flexibility index (Phi) is 8.34. The first-order chi connectivity index (χ1) is 7.60. The number of hydrogen-bond acceptors (Lipinski definition) is 5. The van der Waals surface area contributed by atoms with Crippen molar-refractivity contribution in [3.8, 4) is 0 Å². The number of ether oxygens (including phenoxy) is 2. The molecule has 4 nitrogen and oxygen atoms in total. The maximum atomic E-state index is 11.0. The second-order valence-corrected chi connectivity index (χ2v) is 3.60. The molecule has 0 aliphatic carbocycles. The highest BCUT2D eigenvalue weighted by Crippen LogP contribution is 1.98. The molecule has 0 aliphatic heterocycles. The van der Waals surface area contributed by atoms with Crippen LogP contribution in [0.4, 0.5) is 0 Å². The summed E-state index contributed by atoms with van der Waals surface area (Å²) in [7, 11) is 1.24. The van der Waals surface area contributed by atoms with Gasteiger partial charge < -0.3 is 9.47 Å². The van der Waals surface area contributed by atoms with E-state index in [9.17, 15) is 9.59 Å². The van der Waals surface area contributed by atoms with Crippen molar-refractivity contribution in [3.63, 3.8) is 0 Å². The van der Waals surface area contributed by atoms with Gasteiger partial charge in [0.15, 0.2) is 0 Å². The Bertz CT molecular complexity index is 284. The minimum atomic E-state index is -0.580. The van der Waals surface area contributed by atoms with E-state index >= 15 is 0 Å². The third kappa shape index (κ3) is 8.11. The number of carbonyl (C=O) groups excluding carboxylic acids is 2. The summed E-state index contributed by atoms with van der Waals surface area (Å²) in [6.45, 7) is 2.30. The van der Waals surface area contributed by atoms with Crippen molar-refractivity contribution < 1.29 is 19.1 Å². The van der Waals surface area contributed by atoms with Gasteiger partial charge in [-0.2, -0.15) is 0 Å². The molecule has 0 saturated heterocycles. The first kappa shape index (κ1) is 14.8. The van der Waals surface area contributed by atoms with Gasteiger partial charge in [-0.15, -0.1) is 0 Å². The lowest BCUT2D eigenvalue weighted by molar-refractivity contribution is -0.139. The average Bonchev–Trinajstić information content (AvgIpc) is 2.31. The highest BCUT2D eigenvalue weighted by molar-refractivity contribution is 7.80. The van der Waals surface area contributed by atoms with Crippen LogP contribution in [-0.2, 0) is 19.1 Å². The molecular weight excluding hydrogens is 228 g/mol.